The molecule has 1 N–H and O–H groups in total. The molecule has 1 fully saturated rings. The van der Waals surface area contributed by atoms with Gasteiger partial charge >= 0.3 is 0 Å². The summed E-state index contributed by atoms with van der Waals surface area (Å²) in [6.07, 6.45) is 4.79. The highest BCUT2D eigenvalue weighted by Crippen LogP contribution is 2.31. The molecule has 0 aliphatic carbocycles. The zero-order valence-electron chi connectivity index (χ0n) is 11.2. The van der Waals surface area contributed by atoms with Crippen molar-refractivity contribution in [2.75, 3.05) is 6.54 Å². The molecule has 3 nitrogen and oxygen atoms in total. The van der Waals surface area contributed by atoms with E-state index in [1.807, 2.05) is 11.0 Å². The number of nitrogens with zero attached hydrogens (tertiary/aromatic N) is 1. The Labute approximate surface area is 117 Å². The van der Waals surface area contributed by atoms with E-state index in [0.29, 0.717) is 5.69 Å². The monoisotopic (exact) mass is 272 g/mol. The fraction of sp³-hybridized carbons (Fsp3) is 0.312. The van der Waals surface area contributed by atoms with Gasteiger partial charge in [-0.1, -0.05) is 12.1 Å². The fourth-order valence-electron chi connectivity index (χ4n) is 2.82. The van der Waals surface area contributed by atoms with Crippen LogP contribution in [-0.4, -0.2) is 22.3 Å². The highest BCUT2D eigenvalue weighted by atomic mass is 19.1. The molecule has 0 spiro atoms. The first-order valence-corrected chi connectivity index (χ1v) is 6.95. The van der Waals surface area contributed by atoms with Crippen LogP contribution in [0.3, 0.4) is 0 Å². The molecule has 0 radical (unpaired) electrons. The number of benzene rings is 1. The molecule has 1 unspecified atom stereocenters. The number of aromatic nitrogens is 1. The molecule has 104 valence electrons. The topological polar surface area (TPSA) is 36.1 Å². The number of H-pyrrole nitrogens is 1. The van der Waals surface area contributed by atoms with E-state index in [9.17, 15) is 9.18 Å². The molecule has 0 bridgehead atoms. The van der Waals surface area contributed by atoms with Crippen LogP contribution in [0.2, 0.25) is 0 Å². The Morgan fingerprint density at radius 2 is 2.00 bits per heavy atom. The molecule has 20 heavy (non-hydrogen) atoms. The summed E-state index contributed by atoms with van der Waals surface area (Å²) < 4.78 is 13.0. The van der Waals surface area contributed by atoms with Crippen LogP contribution in [0.25, 0.3) is 0 Å². The normalized spacial score (nSPS) is 19.1. The summed E-state index contributed by atoms with van der Waals surface area (Å²) in [4.78, 5) is 17.4. The second-order valence-corrected chi connectivity index (χ2v) is 5.15. The van der Waals surface area contributed by atoms with Gasteiger partial charge in [0.1, 0.15) is 11.5 Å². The van der Waals surface area contributed by atoms with Crippen molar-refractivity contribution in [3.63, 3.8) is 0 Å². The minimum Gasteiger partial charge on any atom is -0.357 e. The van der Waals surface area contributed by atoms with E-state index in [-0.39, 0.29) is 17.8 Å². The first-order valence-electron chi connectivity index (χ1n) is 6.95. The molecule has 2 heterocycles. The van der Waals surface area contributed by atoms with Crippen LogP contribution in [0.15, 0.2) is 42.6 Å². The van der Waals surface area contributed by atoms with Gasteiger partial charge in [0.05, 0.1) is 6.04 Å². The maximum Gasteiger partial charge on any atom is 0.270 e. The molecule has 2 aromatic rings. The van der Waals surface area contributed by atoms with Crippen LogP contribution < -0.4 is 0 Å². The summed E-state index contributed by atoms with van der Waals surface area (Å²) in [7, 11) is 0. The number of hydrogen-bond donors (Lipinski definition) is 1. The summed E-state index contributed by atoms with van der Waals surface area (Å²) >= 11 is 0. The van der Waals surface area contributed by atoms with Crippen molar-refractivity contribution in [2.24, 2.45) is 0 Å². The van der Waals surface area contributed by atoms with Crippen LogP contribution in [0.5, 0.6) is 0 Å². The van der Waals surface area contributed by atoms with Crippen LogP contribution in [0, 0.1) is 5.82 Å². The lowest BCUT2D eigenvalue weighted by atomic mass is 9.95. The lowest BCUT2D eigenvalue weighted by molar-refractivity contribution is 0.0606. The van der Waals surface area contributed by atoms with Crippen molar-refractivity contribution >= 4 is 5.91 Å². The summed E-state index contributed by atoms with van der Waals surface area (Å²) in [6, 6.07) is 10.1. The summed E-state index contributed by atoms with van der Waals surface area (Å²) in [5.41, 5.74) is 1.62. The first-order chi connectivity index (χ1) is 9.75. The zero-order valence-corrected chi connectivity index (χ0v) is 11.2. The van der Waals surface area contributed by atoms with Crippen molar-refractivity contribution in [1.29, 1.82) is 0 Å². The standard InChI is InChI=1S/C16H17FN2O/c17-13-8-6-12(7-9-13)15-5-1-2-11-19(15)16(20)14-4-3-10-18-14/h3-4,6-10,15,18H,1-2,5,11H2. The predicted molar refractivity (Wildman–Crippen MR) is 74.8 cm³/mol. The third-order valence-electron chi connectivity index (χ3n) is 3.85. The smallest absolute Gasteiger partial charge is 0.270 e. The average Bonchev–Trinajstić information content (AvgIpc) is 3.02. The van der Waals surface area contributed by atoms with Gasteiger partial charge in [0.15, 0.2) is 0 Å². The van der Waals surface area contributed by atoms with Crippen LogP contribution in [-0.2, 0) is 0 Å². The number of halogens is 1. The van der Waals surface area contributed by atoms with Crippen LogP contribution >= 0.6 is 0 Å². The molecule has 1 aromatic carbocycles. The molecule has 1 aliphatic rings. The molecule has 1 amide bonds. The highest BCUT2D eigenvalue weighted by Gasteiger charge is 2.28. The van der Waals surface area contributed by atoms with Gasteiger partial charge in [-0.05, 0) is 49.1 Å². The SMILES string of the molecule is O=C(c1ccc[nH]1)N1CCCCC1c1ccc(F)cc1. The molecule has 4 heteroatoms. The van der Waals surface area contributed by atoms with E-state index in [1.54, 1.807) is 24.4 Å². The Bertz CT molecular complexity index is 577. The first kappa shape index (κ1) is 12.9. The number of amides is 1. The summed E-state index contributed by atoms with van der Waals surface area (Å²) in [5, 5.41) is 0. The highest BCUT2D eigenvalue weighted by molar-refractivity contribution is 5.92. The number of rotatable bonds is 2. The molecular weight excluding hydrogens is 255 g/mol. The Kier molecular flexibility index (Phi) is 3.54. The molecule has 1 aromatic heterocycles. The lowest BCUT2D eigenvalue weighted by Crippen LogP contribution is -2.38. The van der Waals surface area contributed by atoms with Gasteiger partial charge in [-0.25, -0.2) is 4.39 Å². The van der Waals surface area contributed by atoms with Crippen molar-refractivity contribution in [1.82, 2.24) is 9.88 Å². The predicted octanol–water partition coefficient (Wildman–Crippen LogP) is 3.52. The van der Waals surface area contributed by atoms with Gasteiger partial charge in [-0.2, -0.15) is 0 Å². The van der Waals surface area contributed by atoms with Gasteiger partial charge in [0.2, 0.25) is 0 Å². The molecule has 1 aliphatic heterocycles. The number of aromatic amines is 1. The molecule has 1 atom stereocenters. The van der Waals surface area contributed by atoms with Gasteiger partial charge < -0.3 is 9.88 Å². The van der Waals surface area contributed by atoms with Crippen LogP contribution in [0.1, 0.15) is 41.4 Å². The van der Waals surface area contributed by atoms with Crippen molar-refractivity contribution in [2.45, 2.75) is 25.3 Å². The maximum absolute atomic E-state index is 13.0. The van der Waals surface area contributed by atoms with Gasteiger partial charge in [-0.15, -0.1) is 0 Å². The number of likely N-dealkylation sites (tertiary alicyclic amines) is 1. The molecular formula is C16H17FN2O. The number of carbonyl (C=O) groups excluding carboxylic acids is 1. The summed E-state index contributed by atoms with van der Waals surface area (Å²) in [6.45, 7) is 0.750. The fourth-order valence-corrected chi connectivity index (χ4v) is 2.82. The number of nitrogens with one attached hydrogen (secondary N) is 1. The third kappa shape index (κ3) is 2.46. The van der Waals surface area contributed by atoms with E-state index in [1.165, 1.54) is 12.1 Å². The Balaban J connectivity index is 1.87. The molecule has 3 rings (SSSR count). The quantitative estimate of drug-likeness (QED) is 0.892. The number of hydrogen-bond acceptors (Lipinski definition) is 1. The van der Waals surface area contributed by atoms with Crippen molar-refractivity contribution < 1.29 is 9.18 Å². The van der Waals surface area contributed by atoms with E-state index < -0.39 is 0 Å². The Morgan fingerprint density at radius 1 is 1.20 bits per heavy atom. The Morgan fingerprint density at radius 3 is 2.70 bits per heavy atom. The lowest BCUT2D eigenvalue weighted by Gasteiger charge is -2.36. The second-order valence-electron chi connectivity index (χ2n) is 5.15. The number of carbonyl (C=O) groups is 1. The Hall–Kier alpha value is -2.10. The summed E-state index contributed by atoms with van der Waals surface area (Å²) in [5.74, 6) is -0.226. The maximum atomic E-state index is 13.0. The minimum atomic E-state index is -0.244. The average molecular weight is 272 g/mol. The zero-order chi connectivity index (χ0) is 13.9. The van der Waals surface area contributed by atoms with E-state index in [4.69, 9.17) is 0 Å². The van der Waals surface area contributed by atoms with Crippen LogP contribution in [0.4, 0.5) is 4.39 Å². The molecule has 0 saturated carbocycles. The van der Waals surface area contributed by atoms with Gasteiger partial charge in [0, 0.05) is 12.7 Å². The van der Waals surface area contributed by atoms with Gasteiger partial charge in [-0.3, -0.25) is 4.79 Å². The molecule has 1 saturated heterocycles. The number of piperidine rings is 1. The van der Waals surface area contributed by atoms with Crippen molar-refractivity contribution in [3.05, 3.63) is 59.7 Å². The van der Waals surface area contributed by atoms with E-state index >= 15 is 0 Å². The third-order valence-corrected chi connectivity index (χ3v) is 3.85. The van der Waals surface area contributed by atoms with Crippen molar-refractivity contribution in [3.8, 4) is 0 Å². The largest absolute Gasteiger partial charge is 0.357 e. The second kappa shape index (κ2) is 5.49. The van der Waals surface area contributed by atoms with E-state index in [0.717, 1.165) is 31.4 Å². The van der Waals surface area contributed by atoms with Gasteiger partial charge in [0.25, 0.3) is 5.91 Å². The minimum absolute atomic E-state index is 0.0176. The van der Waals surface area contributed by atoms with E-state index in [2.05, 4.69) is 4.98 Å².